The maximum Gasteiger partial charge on any atom is 0.269 e. The van der Waals surface area contributed by atoms with Gasteiger partial charge in [-0.2, -0.15) is 0 Å². The lowest BCUT2D eigenvalue weighted by Crippen LogP contribution is -2.46. The Morgan fingerprint density at radius 2 is 1.82 bits per heavy atom. The van der Waals surface area contributed by atoms with Crippen LogP contribution in [0, 0.1) is 22.0 Å². The third kappa shape index (κ3) is 4.72. The van der Waals surface area contributed by atoms with Crippen molar-refractivity contribution in [1.82, 2.24) is 4.90 Å². The first-order valence-corrected chi connectivity index (χ1v) is 7.29. The Balaban J connectivity index is 1.86. The predicted octanol–water partition coefficient (Wildman–Crippen LogP) is 1.49. The summed E-state index contributed by atoms with van der Waals surface area (Å²) in [7, 11) is 0. The normalized spacial score (nSPS) is 16.0. The molecular formula is C16H21N3O3. The molecular weight excluding hydrogens is 282 g/mol. The fourth-order valence-corrected chi connectivity index (χ4v) is 2.32. The number of aliphatic hydroxyl groups is 1. The molecule has 1 N–H and O–H groups in total. The summed E-state index contributed by atoms with van der Waals surface area (Å²) < 4.78 is 0. The van der Waals surface area contributed by atoms with Crippen molar-refractivity contribution < 1.29 is 10.0 Å². The van der Waals surface area contributed by atoms with E-state index in [2.05, 4.69) is 21.6 Å². The first-order chi connectivity index (χ1) is 10.3. The van der Waals surface area contributed by atoms with E-state index in [1.807, 2.05) is 0 Å². The van der Waals surface area contributed by atoms with E-state index in [0.29, 0.717) is 6.54 Å². The Hall–Kier alpha value is -2.10. The number of nitrogens with zero attached hydrogens (tertiary/aromatic N) is 3. The molecule has 1 aromatic rings. The van der Waals surface area contributed by atoms with E-state index in [0.717, 1.165) is 31.9 Å². The molecule has 1 fully saturated rings. The summed E-state index contributed by atoms with van der Waals surface area (Å²) in [6, 6.07) is 6.66. The minimum Gasteiger partial charge on any atom is -0.378 e. The van der Waals surface area contributed by atoms with Gasteiger partial charge in [0.05, 0.1) is 11.5 Å². The fraction of sp³-hybridized carbons (Fsp3) is 0.500. The standard InChI is InChI=1S/C16H21N3O3/c1-16(2,20)8-3-9-17-10-12-18(13-11-17)14-4-6-15(7-5-14)19(21)22/h4-7,20H,9-13H2,1-2H3. The molecule has 0 radical (unpaired) electrons. The summed E-state index contributed by atoms with van der Waals surface area (Å²) in [4.78, 5) is 14.7. The molecule has 1 aliphatic rings. The summed E-state index contributed by atoms with van der Waals surface area (Å²) in [5.74, 6) is 5.82. The second-order valence-electron chi connectivity index (χ2n) is 5.90. The summed E-state index contributed by atoms with van der Waals surface area (Å²) in [6.45, 7) is 7.50. The van der Waals surface area contributed by atoms with Crippen molar-refractivity contribution in [3.8, 4) is 11.8 Å². The molecule has 0 unspecified atom stereocenters. The molecule has 1 heterocycles. The van der Waals surface area contributed by atoms with Gasteiger partial charge in [-0.25, -0.2) is 0 Å². The average molecular weight is 303 g/mol. The summed E-state index contributed by atoms with van der Waals surface area (Å²) in [6.07, 6.45) is 0. The minimum absolute atomic E-state index is 0.115. The molecule has 1 aromatic carbocycles. The molecule has 0 atom stereocenters. The third-order valence-corrected chi connectivity index (χ3v) is 3.49. The second kappa shape index (κ2) is 6.77. The maximum absolute atomic E-state index is 10.7. The highest BCUT2D eigenvalue weighted by Crippen LogP contribution is 2.20. The molecule has 1 saturated heterocycles. The van der Waals surface area contributed by atoms with Gasteiger partial charge in [-0.05, 0) is 26.0 Å². The minimum atomic E-state index is -0.944. The van der Waals surface area contributed by atoms with E-state index in [-0.39, 0.29) is 10.6 Å². The first-order valence-electron chi connectivity index (χ1n) is 7.29. The van der Waals surface area contributed by atoms with Crippen LogP contribution in [0.5, 0.6) is 0 Å². The molecule has 6 heteroatoms. The van der Waals surface area contributed by atoms with Crippen molar-refractivity contribution >= 4 is 11.4 Å². The zero-order valence-corrected chi connectivity index (χ0v) is 13.0. The highest BCUT2D eigenvalue weighted by atomic mass is 16.6. The molecule has 0 bridgehead atoms. The van der Waals surface area contributed by atoms with Crippen LogP contribution >= 0.6 is 0 Å². The van der Waals surface area contributed by atoms with Crippen LogP contribution in [0.3, 0.4) is 0 Å². The van der Waals surface area contributed by atoms with Crippen LogP contribution in [-0.4, -0.2) is 53.3 Å². The Labute approximate surface area is 130 Å². The molecule has 0 aliphatic carbocycles. The van der Waals surface area contributed by atoms with Gasteiger partial charge in [0.25, 0.3) is 5.69 Å². The molecule has 0 aromatic heterocycles. The Kier molecular flexibility index (Phi) is 5.01. The number of piperazine rings is 1. The monoisotopic (exact) mass is 303 g/mol. The highest BCUT2D eigenvalue weighted by Gasteiger charge is 2.17. The van der Waals surface area contributed by atoms with E-state index < -0.39 is 5.60 Å². The largest absolute Gasteiger partial charge is 0.378 e. The number of hydrogen-bond donors (Lipinski definition) is 1. The number of nitro groups is 1. The number of nitro benzene ring substituents is 1. The predicted molar refractivity (Wildman–Crippen MR) is 85.8 cm³/mol. The van der Waals surface area contributed by atoms with Crippen molar-refractivity contribution in [2.45, 2.75) is 19.4 Å². The lowest BCUT2D eigenvalue weighted by atomic mass is 10.1. The van der Waals surface area contributed by atoms with Crippen LogP contribution < -0.4 is 4.90 Å². The molecule has 1 aliphatic heterocycles. The zero-order chi connectivity index (χ0) is 16.2. The van der Waals surface area contributed by atoms with Gasteiger partial charge in [0.2, 0.25) is 0 Å². The average Bonchev–Trinajstić information content (AvgIpc) is 2.47. The molecule has 22 heavy (non-hydrogen) atoms. The van der Waals surface area contributed by atoms with Gasteiger partial charge in [-0.15, -0.1) is 0 Å². The molecule has 6 nitrogen and oxygen atoms in total. The SMILES string of the molecule is CC(C)(O)C#CCN1CCN(c2ccc([N+](=O)[O-])cc2)CC1. The maximum atomic E-state index is 10.7. The molecule has 2 rings (SSSR count). The number of non-ortho nitro benzene ring substituents is 1. The number of hydrogen-bond acceptors (Lipinski definition) is 5. The lowest BCUT2D eigenvalue weighted by molar-refractivity contribution is -0.384. The van der Waals surface area contributed by atoms with Gasteiger partial charge in [0.15, 0.2) is 0 Å². The van der Waals surface area contributed by atoms with Gasteiger partial charge >= 0.3 is 0 Å². The van der Waals surface area contributed by atoms with Crippen LogP contribution in [0.25, 0.3) is 0 Å². The molecule has 0 spiro atoms. The Morgan fingerprint density at radius 1 is 1.23 bits per heavy atom. The van der Waals surface area contributed by atoms with Crippen molar-refractivity contribution in [3.05, 3.63) is 34.4 Å². The van der Waals surface area contributed by atoms with Gasteiger partial charge in [-0.1, -0.05) is 11.8 Å². The zero-order valence-electron chi connectivity index (χ0n) is 13.0. The van der Waals surface area contributed by atoms with Crippen LogP contribution in [-0.2, 0) is 0 Å². The Morgan fingerprint density at radius 3 is 2.32 bits per heavy atom. The quantitative estimate of drug-likeness (QED) is 0.520. The van der Waals surface area contributed by atoms with Crippen LogP contribution in [0.15, 0.2) is 24.3 Å². The van der Waals surface area contributed by atoms with Crippen LogP contribution in [0.2, 0.25) is 0 Å². The van der Waals surface area contributed by atoms with E-state index in [1.165, 1.54) is 12.1 Å². The molecule has 118 valence electrons. The number of rotatable bonds is 3. The van der Waals surface area contributed by atoms with Crippen molar-refractivity contribution in [2.75, 3.05) is 37.6 Å². The van der Waals surface area contributed by atoms with E-state index in [9.17, 15) is 15.2 Å². The smallest absolute Gasteiger partial charge is 0.269 e. The number of anilines is 1. The molecule has 0 amide bonds. The Bertz CT molecular complexity index is 573. The fourth-order valence-electron chi connectivity index (χ4n) is 2.32. The second-order valence-corrected chi connectivity index (χ2v) is 5.90. The molecule has 0 saturated carbocycles. The van der Waals surface area contributed by atoms with Crippen LogP contribution in [0.4, 0.5) is 11.4 Å². The topological polar surface area (TPSA) is 69.8 Å². The van der Waals surface area contributed by atoms with Crippen molar-refractivity contribution in [1.29, 1.82) is 0 Å². The van der Waals surface area contributed by atoms with Crippen LogP contribution in [0.1, 0.15) is 13.8 Å². The van der Waals surface area contributed by atoms with E-state index >= 15 is 0 Å². The van der Waals surface area contributed by atoms with Gasteiger partial charge in [0, 0.05) is 44.0 Å². The van der Waals surface area contributed by atoms with Gasteiger partial charge in [-0.3, -0.25) is 15.0 Å². The highest BCUT2D eigenvalue weighted by molar-refractivity contribution is 5.51. The van der Waals surface area contributed by atoms with Crippen molar-refractivity contribution in [2.24, 2.45) is 0 Å². The number of benzene rings is 1. The van der Waals surface area contributed by atoms with Gasteiger partial charge < -0.3 is 10.0 Å². The van der Waals surface area contributed by atoms with E-state index in [1.54, 1.807) is 26.0 Å². The third-order valence-electron chi connectivity index (χ3n) is 3.49. The van der Waals surface area contributed by atoms with E-state index in [4.69, 9.17) is 0 Å². The summed E-state index contributed by atoms with van der Waals surface area (Å²) in [5.41, 5.74) is 0.178. The van der Waals surface area contributed by atoms with Crippen molar-refractivity contribution in [3.63, 3.8) is 0 Å². The summed E-state index contributed by atoms with van der Waals surface area (Å²) >= 11 is 0. The summed E-state index contributed by atoms with van der Waals surface area (Å²) in [5, 5.41) is 20.2. The lowest BCUT2D eigenvalue weighted by Gasteiger charge is -2.35. The van der Waals surface area contributed by atoms with Gasteiger partial charge in [0.1, 0.15) is 5.60 Å². The first kappa shape index (κ1) is 16.3.